The minimum atomic E-state index is -0.220. The summed E-state index contributed by atoms with van der Waals surface area (Å²) in [6.45, 7) is 1.26. The number of nitrogens with zero attached hydrogens (tertiary/aromatic N) is 2. The summed E-state index contributed by atoms with van der Waals surface area (Å²) in [4.78, 5) is 18.3. The largest absolute Gasteiger partial charge is 0.486 e. The lowest BCUT2D eigenvalue weighted by atomic mass is 10.2. The van der Waals surface area contributed by atoms with E-state index in [0.717, 1.165) is 5.75 Å². The van der Waals surface area contributed by atoms with Gasteiger partial charge in [-0.1, -0.05) is 12.1 Å². The molecule has 1 aromatic carbocycles. The van der Waals surface area contributed by atoms with Gasteiger partial charge in [0.2, 0.25) is 0 Å². The van der Waals surface area contributed by atoms with Gasteiger partial charge in [0.05, 0.1) is 18.7 Å². The number of hydrogen-bond donors (Lipinski definition) is 2. The van der Waals surface area contributed by atoms with E-state index in [-0.39, 0.29) is 18.6 Å². The molecule has 1 aliphatic heterocycles. The Morgan fingerprint density at radius 2 is 2.12 bits per heavy atom. The number of pyridine rings is 1. The number of anilines is 1. The SMILES string of the molecule is CN(C[C@@H]1COc2ccccc2O1)C(=O)c1ccc(NCCO)nc1. The summed E-state index contributed by atoms with van der Waals surface area (Å²) in [5.74, 6) is 1.90. The second kappa shape index (κ2) is 7.85. The maximum atomic E-state index is 12.5. The fraction of sp³-hybridized carbons (Fsp3) is 0.333. The van der Waals surface area contributed by atoms with Crippen LogP contribution < -0.4 is 14.8 Å². The van der Waals surface area contributed by atoms with E-state index in [2.05, 4.69) is 10.3 Å². The van der Waals surface area contributed by atoms with Crippen molar-refractivity contribution < 1.29 is 19.4 Å². The average molecular weight is 343 g/mol. The second-order valence-electron chi connectivity index (χ2n) is 5.77. The number of ether oxygens (including phenoxy) is 2. The lowest BCUT2D eigenvalue weighted by Gasteiger charge is -2.29. The Morgan fingerprint density at radius 1 is 1.32 bits per heavy atom. The number of hydrogen-bond acceptors (Lipinski definition) is 6. The summed E-state index contributed by atoms with van der Waals surface area (Å²) in [6, 6.07) is 10.9. The highest BCUT2D eigenvalue weighted by Crippen LogP contribution is 2.31. The van der Waals surface area contributed by atoms with E-state index in [1.165, 1.54) is 6.20 Å². The molecule has 0 aliphatic carbocycles. The number of nitrogens with one attached hydrogen (secondary N) is 1. The number of aliphatic hydroxyl groups is 1. The van der Waals surface area contributed by atoms with Crippen LogP contribution in [0.1, 0.15) is 10.4 Å². The topological polar surface area (TPSA) is 83.9 Å². The molecular formula is C18H21N3O4. The highest BCUT2D eigenvalue weighted by molar-refractivity contribution is 5.93. The number of benzene rings is 1. The van der Waals surface area contributed by atoms with E-state index in [1.54, 1.807) is 24.1 Å². The second-order valence-corrected chi connectivity index (χ2v) is 5.77. The number of aromatic nitrogens is 1. The Kier molecular flexibility index (Phi) is 5.35. The molecular weight excluding hydrogens is 322 g/mol. The number of para-hydroxylation sites is 2. The van der Waals surface area contributed by atoms with Crippen LogP contribution in [0.4, 0.5) is 5.82 Å². The molecule has 1 amide bonds. The van der Waals surface area contributed by atoms with Gasteiger partial charge in [-0.3, -0.25) is 4.79 Å². The summed E-state index contributed by atoms with van der Waals surface area (Å²) in [6.07, 6.45) is 1.30. The first kappa shape index (κ1) is 17.0. The maximum absolute atomic E-state index is 12.5. The number of fused-ring (bicyclic) bond motifs is 1. The van der Waals surface area contributed by atoms with Gasteiger partial charge in [-0.05, 0) is 24.3 Å². The molecule has 0 spiro atoms. The van der Waals surface area contributed by atoms with Crippen LogP contribution in [0.2, 0.25) is 0 Å². The molecule has 132 valence electrons. The van der Waals surface area contributed by atoms with E-state index >= 15 is 0 Å². The molecule has 2 heterocycles. The van der Waals surface area contributed by atoms with Crippen LogP contribution in [0.25, 0.3) is 0 Å². The summed E-state index contributed by atoms with van der Waals surface area (Å²) in [7, 11) is 1.73. The number of likely N-dealkylation sites (N-methyl/N-ethyl adjacent to an activating group) is 1. The molecule has 7 heteroatoms. The van der Waals surface area contributed by atoms with E-state index in [0.29, 0.717) is 36.8 Å². The number of carbonyl (C=O) groups is 1. The summed E-state index contributed by atoms with van der Waals surface area (Å²) < 4.78 is 11.6. The van der Waals surface area contributed by atoms with Crippen molar-refractivity contribution in [3.63, 3.8) is 0 Å². The minimum Gasteiger partial charge on any atom is -0.486 e. The van der Waals surface area contributed by atoms with Crippen LogP contribution in [-0.2, 0) is 0 Å². The van der Waals surface area contributed by atoms with Crippen molar-refractivity contribution in [3.05, 3.63) is 48.2 Å². The first-order valence-electron chi connectivity index (χ1n) is 8.12. The normalized spacial score (nSPS) is 15.5. The zero-order valence-electron chi connectivity index (χ0n) is 14.0. The molecule has 0 saturated carbocycles. The molecule has 0 bridgehead atoms. The van der Waals surface area contributed by atoms with Gasteiger partial charge >= 0.3 is 0 Å². The Bertz CT molecular complexity index is 721. The van der Waals surface area contributed by atoms with Crippen LogP contribution in [0, 0.1) is 0 Å². The van der Waals surface area contributed by atoms with Gasteiger partial charge in [0.15, 0.2) is 17.6 Å². The van der Waals surface area contributed by atoms with Gasteiger partial charge in [0.25, 0.3) is 5.91 Å². The Balaban J connectivity index is 1.58. The quantitative estimate of drug-likeness (QED) is 0.825. The maximum Gasteiger partial charge on any atom is 0.255 e. The minimum absolute atomic E-state index is 0.0255. The third kappa shape index (κ3) is 4.19. The van der Waals surface area contributed by atoms with E-state index < -0.39 is 0 Å². The lowest BCUT2D eigenvalue weighted by Crippen LogP contribution is -2.41. The Morgan fingerprint density at radius 3 is 2.84 bits per heavy atom. The molecule has 0 fully saturated rings. The molecule has 1 aliphatic rings. The standard InChI is InChI=1S/C18H21N3O4/c1-21(11-14-12-24-15-4-2-3-5-16(15)25-14)18(23)13-6-7-17(20-10-13)19-8-9-22/h2-7,10,14,22H,8-9,11-12H2,1H3,(H,19,20)/t14-/m1/s1. The van der Waals surface area contributed by atoms with Crippen molar-refractivity contribution in [3.8, 4) is 11.5 Å². The monoisotopic (exact) mass is 343 g/mol. The highest BCUT2D eigenvalue weighted by Gasteiger charge is 2.24. The number of amides is 1. The highest BCUT2D eigenvalue weighted by atomic mass is 16.6. The number of carbonyl (C=O) groups excluding carboxylic acids is 1. The van der Waals surface area contributed by atoms with Crippen molar-refractivity contribution in [1.82, 2.24) is 9.88 Å². The van der Waals surface area contributed by atoms with Crippen molar-refractivity contribution in [1.29, 1.82) is 0 Å². The molecule has 0 radical (unpaired) electrons. The van der Waals surface area contributed by atoms with Crippen molar-refractivity contribution in [2.75, 3.05) is 38.7 Å². The third-order valence-corrected chi connectivity index (χ3v) is 3.82. The molecule has 0 saturated heterocycles. The average Bonchev–Trinajstić information content (AvgIpc) is 2.66. The molecule has 1 atom stereocenters. The summed E-state index contributed by atoms with van der Waals surface area (Å²) >= 11 is 0. The number of rotatable bonds is 6. The van der Waals surface area contributed by atoms with Gasteiger partial charge in [0.1, 0.15) is 12.4 Å². The Labute approximate surface area is 146 Å². The predicted molar refractivity (Wildman–Crippen MR) is 93.1 cm³/mol. The van der Waals surface area contributed by atoms with Gasteiger partial charge < -0.3 is 24.8 Å². The fourth-order valence-corrected chi connectivity index (χ4v) is 2.57. The fourth-order valence-electron chi connectivity index (χ4n) is 2.57. The van der Waals surface area contributed by atoms with Gasteiger partial charge in [0, 0.05) is 19.8 Å². The molecule has 0 unspecified atom stereocenters. The van der Waals surface area contributed by atoms with Crippen LogP contribution in [0.5, 0.6) is 11.5 Å². The first-order chi connectivity index (χ1) is 12.2. The summed E-state index contributed by atoms with van der Waals surface area (Å²) in [5.41, 5.74) is 0.495. The number of aliphatic hydroxyl groups excluding tert-OH is 1. The van der Waals surface area contributed by atoms with E-state index in [1.807, 2.05) is 24.3 Å². The molecule has 2 N–H and O–H groups in total. The van der Waals surface area contributed by atoms with Crippen LogP contribution >= 0.6 is 0 Å². The van der Waals surface area contributed by atoms with E-state index in [9.17, 15) is 4.79 Å². The molecule has 3 rings (SSSR count). The predicted octanol–water partition coefficient (Wildman–Crippen LogP) is 1.40. The van der Waals surface area contributed by atoms with Crippen molar-refractivity contribution in [2.24, 2.45) is 0 Å². The zero-order chi connectivity index (χ0) is 17.6. The van der Waals surface area contributed by atoms with Crippen LogP contribution in [0.15, 0.2) is 42.6 Å². The lowest BCUT2D eigenvalue weighted by molar-refractivity contribution is 0.0520. The third-order valence-electron chi connectivity index (χ3n) is 3.82. The molecule has 2 aromatic rings. The van der Waals surface area contributed by atoms with Crippen molar-refractivity contribution in [2.45, 2.75) is 6.10 Å². The molecule has 7 nitrogen and oxygen atoms in total. The van der Waals surface area contributed by atoms with Gasteiger partial charge in [-0.15, -0.1) is 0 Å². The zero-order valence-corrected chi connectivity index (χ0v) is 14.0. The molecule has 25 heavy (non-hydrogen) atoms. The van der Waals surface area contributed by atoms with Gasteiger partial charge in [-0.2, -0.15) is 0 Å². The van der Waals surface area contributed by atoms with Crippen molar-refractivity contribution >= 4 is 11.7 Å². The van der Waals surface area contributed by atoms with Crippen LogP contribution in [0.3, 0.4) is 0 Å². The van der Waals surface area contributed by atoms with E-state index in [4.69, 9.17) is 14.6 Å². The van der Waals surface area contributed by atoms with Crippen LogP contribution in [-0.4, -0.2) is 60.4 Å². The first-order valence-corrected chi connectivity index (χ1v) is 8.12. The smallest absolute Gasteiger partial charge is 0.255 e. The molecule has 1 aromatic heterocycles. The van der Waals surface area contributed by atoms with Gasteiger partial charge in [-0.25, -0.2) is 4.98 Å². The Hall–Kier alpha value is -2.80. The summed E-state index contributed by atoms with van der Waals surface area (Å²) in [5, 5.41) is 11.7.